The summed E-state index contributed by atoms with van der Waals surface area (Å²) in [7, 11) is 3.27. The molecule has 36 heavy (non-hydrogen) atoms. The van der Waals surface area contributed by atoms with Gasteiger partial charge in [0.1, 0.15) is 22.8 Å². The van der Waals surface area contributed by atoms with E-state index in [9.17, 15) is 4.79 Å². The number of aryl methyl sites for hydroxylation is 1. The van der Waals surface area contributed by atoms with Gasteiger partial charge in [-0.25, -0.2) is 4.98 Å². The standard InChI is InChI=1S/C28H39N5O3/c1-7-9-13-28(4,14-12-19(3)34)33-26-25-23(15-20(8-2)17-29-25)31-27(32-26)30-18-21-10-11-22(35-5)16-24(21)36-6/h10-11,15-17H,7-9,12-14,18H2,1-6H3,(H2,30,31,32,33)/t28-/m1/s1. The first-order chi connectivity index (χ1) is 17.3. The van der Waals surface area contributed by atoms with Crippen LogP contribution in [0.25, 0.3) is 11.0 Å². The first-order valence-corrected chi connectivity index (χ1v) is 12.7. The number of hydrogen-bond acceptors (Lipinski definition) is 8. The predicted octanol–water partition coefficient (Wildman–Crippen LogP) is 5.95. The number of nitrogens with one attached hydrogen (secondary N) is 2. The third-order valence-electron chi connectivity index (χ3n) is 6.46. The number of pyridine rings is 1. The number of carbonyl (C=O) groups is 1. The molecule has 0 radical (unpaired) electrons. The molecule has 2 N–H and O–H groups in total. The summed E-state index contributed by atoms with van der Waals surface area (Å²) < 4.78 is 10.8. The number of unbranched alkanes of at least 4 members (excludes halogenated alkanes) is 1. The molecule has 0 amide bonds. The smallest absolute Gasteiger partial charge is 0.225 e. The third-order valence-corrected chi connectivity index (χ3v) is 6.46. The Kier molecular flexibility index (Phi) is 9.44. The van der Waals surface area contributed by atoms with Crippen molar-refractivity contribution in [1.82, 2.24) is 15.0 Å². The lowest BCUT2D eigenvalue weighted by molar-refractivity contribution is -0.117. The van der Waals surface area contributed by atoms with Gasteiger partial charge in [-0.1, -0.05) is 26.7 Å². The van der Waals surface area contributed by atoms with Crippen molar-refractivity contribution in [2.24, 2.45) is 0 Å². The molecule has 8 heteroatoms. The second-order valence-corrected chi connectivity index (χ2v) is 9.48. The Morgan fingerprint density at radius 2 is 1.89 bits per heavy atom. The lowest BCUT2D eigenvalue weighted by atomic mass is 9.89. The molecule has 0 unspecified atom stereocenters. The molecule has 0 saturated carbocycles. The van der Waals surface area contributed by atoms with E-state index < -0.39 is 0 Å². The van der Waals surface area contributed by atoms with Crippen LogP contribution in [0, 0.1) is 0 Å². The van der Waals surface area contributed by atoms with Gasteiger partial charge < -0.3 is 24.9 Å². The number of methoxy groups -OCH3 is 2. The molecule has 0 fully saturated rings. The maximum atomic E-state index is 11.8. The van der Waals surface area contributed by atoms with Gasteiger partial charge >= 0.3 is 0 Å². The molecule has 0 aliphatic carbocycles. The van der Waals surface area contributed by atoms with Gasteiger partial charge in [0, 0.05) is 36.3 Å². The number of ether oxygens (including phenoxy) is 2. The van der Waals surface area contributed by atoms with Gasteiger partial charge in [-0.15, -0.1) is 0 Å². The van der Waals surface area contributed by atoms with Crippen molar-refractivity contribution in [3.63, 3.8) is 0 Å². The molecular formula is C28H39N5O3. The average Bonchev–Trinajstić information content (AvgIpc) is 2.89. The molecule has 0 bridgehead atoms. The summed E-state index contributed by atoms with van der Waals surface area (Å²) in [6.07, 6.45) is 7.07. The van der Waals surface area contributed by atoms with Crippen LogP contribution in [0.5, 0.6) is 11.5 Å². The summed E-state index contributed by atoms with van der Waals surface area (Å²) in [4.78, 5) is 26.1. The second kappa shape index (κ2) is 12.5. The van der Waals surface area contributed by atoms with Crippen LogP contribution in [-0.4, -0.2) is 40.5 Å². The van der Waals surface area contributed by atoms with Gasteiger partial charge in [0.15, 0.2) is 5.82 Å². The van der Waals surface area contributed by atoms with Crippen molar-refractivity contribution in [3.05, 3.63) is 41.6 Å². The zero-order chi connectivity index (χ0) is 26.1. The summed E-state index contributed by atoms with van der Waals surface area (Å²) in [6, 6.07) is 7.79. The first kappa shape index (κ1) is 27.2. The molecule has 194 valence electrons. The van der Waals surface area contributed by atoms with E-state index in [0.29, 0.717) is 24.7 Å². The summed E-state index contributed by atoms with van der Waals surface area (Å²) in [6.45, 7) is 8.56. The number of fused-ring (bicyclic) bond motifs is 1. The molecule has 0 aliphatic rings. The Hall–Kier alpha value is -3.42. The van der Waals surface area contributed by atoms with E-state index in [4.69, 9.17) is 24.4 Å². The Bertz CT molecular complexity index is 1180. The fourth-order valence-corrected chi connectivity index (χ4v) is 4.15. The van der Waals surface area contributed by atoms with Crippen LogP contribution in [-0.2, 0) is 17.8 Å². The normalized spacial score (nSPS) is 12.7. The Morgan fingerprint density at radius 3 is 2.56 bits per heavy atom. The quantitative estimate of drug-likeness (QED) is 0.284. The summed E-state index contributed by atoms with van der Waals surface area (Å²) in [5.41, 5.74) is 3.29. The SMILES string of the molecule is CCCC[C@](C)(CCC(C)=O)Nc1nc(NCc2ccc(OC)cc2OC)nc2cc(CC)cnc12. The van der Waals surface area contributed by atoms with Gasteiger partial charge in [-0.3, -0.25) is 4.98 Å². The molecule has 3 aromatic rings. The molecule has 0 saturated heterocycles. The molecule has 1 atom stereocenters. The van der Waals surface area contributed by atoms with Crippen LogP contribution in [0.15, 0.2) is 30.5 Å². The molecule has 1 aromatic carbocycles. The number of hydrogen-bond donors (Lipinski definition) is 2. The summed E-state index contributed by atoms with van der Waals surface area (Å²) >= 11 is 0. The van der Waals surface area contributed by atoms with Crippen molar-refractivity contribution in [2.75, 3.05) is 24.9 Å². The van der Waals surface area contributed by atoms with Crippen molar-refractivity contribution in [1.29, 1.82) is 0 Å². The molecule has 8 nitrogen and oxygen atoms in total. The maximum absolute atomic E-state index is 11.8. The lowest BCUT2D eigenvalue weighted by Crippen LogP contribution is -2.36. The van der Waals surface area contributed by atoms with E-state index in [-0.39, 0.29) is 11.3 Å². The van der Waals surface area contributed by atoms with Crippen LogP contribution in [0.2, 0.25) is 0 Å². The highest BCUT2D eigenvalue weighted by Crippen LogP contribution is 2.30. The third kappa shape index (κ3) is 7.06. The number of benzene rings is 1. The molecule has 2 aromatic heterocycles. The van der Waals surface area contributed by atoms with E-state index >= 15 is 0 Å². The summed E-state index contributed by atoms with van der Waals surface area (Å²) in [5, 5.41) is 7.01. The number of Topliss-reactive ketones (excluding diaryl/α,β-unsaturated/α-hetero) is 1. The Labute approximate surface area is 214 Å². The number of rotatable bonds is 14. The van der Waals surface area contributed by atoms with Crippen molar-refractivity contribution < 1.29 is 14.3 Å². The van der Waals surface area contributed by atoms with E-state index in [2.05, 4.69) is 37.5 Å². The number of nitrogens with zero attached hydrogens (tertiary/aromatic N) is 3. The van der Waals surface area contributed by atoms with Gasteiger partial charge in [-0.2, -0.15) is 4.98 Å². The lowest BCUT2D eigenvalue weighted by Gasteiger charge is -2.32. The van der Waals surface area contributed by atoms with Crippen LogP contribution < -0.4 is 20.1 Å². The van der Waals surface area contributed by atoms with Crippen LogP contribution in [0.4, 0.5) is 11.8 Å². The Balaban J connectivity index is 1.96. The van der Waals surface area contributed by atoms with Crippen molar-refractivity contribution in [3.8, 4) is 11.5 Å². The monoisotopic (exact) mass is 493 g/mol. The number of anilines is 2. The zero-order valence-electron chi connectivity index (χ0n) is 22.4. The number of ketones is 1. The Morgan fingerprint density at radius 1 is 1.08 bits per heavy atom. The molecule has 3 rings (SSSR count). The zero-order valence-corrected chi connectivity index (χ0v) is 22.4. The molecule has 0 spiro atoms. The van der Waals surface area contributed by atoms with Crippen molar-refractivity contribution in [2.45, 2.75) is 78.3 Å². The van der Waals surface area contributed by atoms with Gasteiger partial charge in [0.05, 0.1) is 19.7 Å². The predicted molar refractivity (Wildman–Crippen MR) is 145 cm³/mol. The van der Waals surface area contributed by atoms with E-state index in [1.807, 2.05) is 24.4 Å². The highest BCUT2D eigenvalue weighted by atomic mass is 16.5. The minimum Gasteiger partial charge on any atom is -0.497 e. The van der Waals surface area contributed by atoms with Crippen LogP contribution >= 0.6 is 0 Å². The highest BCUT2D eigenvalue weighted by Gasteiger charge is 2.26. The topological polar surface area (TPSA) is 98.3 Å². The fourth-order valence-electron chi connectivity index (χ4n) is 4.15. The number of aromatic nitrogens is 3. The summed E-state index contributed by atoms with van der Waals surface area (Å²) in [5.74, 6) is 2.83. The van der Waals surface area contributed by atoms with Crippen molar-refractivity contribution >= 4 is 28.6 Å². The average molecular weight is 494 g/mol. The maximum Gasteiger partial charge on any atom is 0.225 e. The molecular weight excluding hydrogens is 454 g/mol. The molecule has 0 aliphatic heterocycles. The highest BCUT2D eigenvalue weighted by molar-refractivity contribution is 5.87. The largest absolute Gasteiger partial charge is 0.497 e. The second-order valence-electron chi connectivity index (χ2n) is 9.48. The van der Waals surface area contributed by atoms with Gasteiger partial charge in [0.2, 0.25) is 5.95 Å². The minimum atomic E-state index is -0.287. The van der Waals surface area contributed by atoms with E-state index in [1.165, 1.54) is 0 Å². The van der Waals surface area contributed by atoms with Gasteiger partial charge in [-0.05, 0) is 56.9 Å². The van der Waals surface area contributed by atoms with Crippen LogP contribution in [0.3, 0.4) is 0 Å². The van der Waals surface area contributed by atoms with E-state index in [1.54, 1.807) is 21.1 Å². The first-order valence-electron chi connectivity index (χ1n) is 12.7. The number of carbonyl (C=O) groups excluding carboxylic acids is 1. The minimum absolute atomic E-state index is 0.188. The fraction of sp³-hybridized carbons (Fsp3) is 0.500. The van der Waals surface area contributed by atoms with Crippen LogP contribution in [0.1, 0.15) is 70.9 Å². The molecule has 2 heterocycles. The van der Waals surface area contributed by atoms with E-state index in [0.717, 1.165) is 65.8 Å². The van der Waals surface area contributed by atoms with Gasteiger partial charge in [0.25, 0.3) is 0 Å².